The molecule has 0 aromatic heterocycles. The van der Waals surface area contributed by atoms with Crippen molar-refractivity contribution in [2.24, 2.45) is 15.6 Å². The maximum atomic E-state index is 12.7. The van der Waals surface area contributed by atoms with E-state index in [1.165, 1.54) is 14.2 Å². The smallest absolute Gasteiger partial charge is 0.269 e. The van der Waals surface area contributed by atoms with Crippen LogP contribution >= 0.6 is 63.7 Å². The van der Waals surface area contributed by atoms with Gasteiger partial charge in [-0.2, -0.15) is 0 Å². The maximum absolute atomic E-state index is 12.7. The van der Waals surface area contributed by atoms with Crippen molar-refractivity contribution in [2.75, 3.05) is 33.9 Å². The van der Waals surface area contributed by atoms with E-state index in [9.17, 15) is 24.6 Å². The summed E-state index contributed by atoms with van der Waals surface area (Å²) >= 11 is 13.5. The molecule has 0 radical (unpaired) electrons. The highest BCUT2D eigenvalue weighted by atomic mass is 79.9. The molecule has 0 aromatic rings. The van der Waals surface area contributed by atoms with Crippen molar-refractivity contribution >= 4 is 92.7 Å². The third-order valence-corrected chi connectivity index (χ3v) is 9.80. The average molecular weight is 830 g/mol. The van der Waals surface area contributed by atoms with Gasteiger partial charge >= 0.3 is 0 Å². The molecule has 4 aliphatic rings. The van der Waals surface area contributed by atoms with Gasteiger partial charge in [0.1, 0.15) is 35.1 Å². The number of methoxy groups -OCH3 is 2. The van der Waals surface area contributed by atoms with Gasteiger partial charge in [-0.3, -0.25) is 19.4 Å². The molecule has 0 saturated carbocycles. The van der Waals surface area contributed by atoms with Gasteiger partial charge in [-0.05, 0) is 69.8 Å². The lowest BCUT2D eigenvalue weighted by Crippen LogP contribution is -2.45. The summed E-state index contributed by atoms with van der Waals surface area (Å²) in [5.41, 5.74) is -1.82. The van der Waals surface area contributed by atoms with E-state index in [-0.39, 0.29) is 56.1 Å². The van der Waals surface area contributed by atoms with Crippen LogP contribution in [0.25, 0.3) is 0 Å². The predicted molar refractivity (Wildman–Crippen MR) is 163 cm³/mol. The van der Waals surface area contributed by atoms with Gasteiger partial charge < -0.3 is 35.2 Å². The second-order valence-corrected chi connectivity index (χ2v) is 13.1. The first kappa shape index (κ1) is 32.1. The number of hydrogen-bond donors (Lipinski definition) is 4. The number of ether oxygens (including phenoxy) is 2. The van der Waals surface area contributed by atoms with Crippen LogP contribution in [0.3, 0.4) is 0 Å². The number of ketones is 1. The Balaban J connectivity index is 1.21. The van der Waals surface area contributed by atoms with Gasteiger partial charge in [0.15, 0.2) is 11.4 Å². The zero-order valence-electron chi connectivity index (χ0n) is 21.8. The molecule has 12 nitrogen and oxygen atoms in total. The summed E-state index contributed by atoms with van der Waals surface area (Å²) in [6.07, 6.45) is 1.40. The molecule has 41 heavy (non-hydrogen) atoms. The van der Waals surface area contributed by atoms with Crippen LogP contribution < -0.4 is 10.6 Å². The number of oxime groups is 1. The number of hydrogen-bond acceptors (Lipinski definition) is 10. The fraction of sp³-hybridized carbons (Fsp3) is 0.480. The van der Waals surface area contributed by atoms with Crippen molar-refractivity contribution in [3.05, 3.63) is 41.6 Å². The number of carbonyl (C=O) groups excluding carboxylic acids is 3. The summed E-state index contributed by atoms with van der Waals surface area (Å²) in [6, 6.07) is 0. The molecule has 0 unspecified atom stereocenters. The Morgan fingerprint density at radius 1 is 0.951 bits per heavy atom. The largest absolute Gasteiger partial charge is 0.495 e. The molecule has 2 spiro atoms. The summed E-state index contributed by atoms with van der Waals surface area (Å²) < 4.78 is 12.5. The van der Waals surface area contributed by atoms with Crippen molar-refractivity contribution in [1.82, 2.24) is 10.6 Å². The number of halogens is 4. The summed E-state index contributed by atoms with van der Waals surface area (Å²) in [7, 11) is 2.95. The summed E-state index contributed by atoms with van der Waals surface area (Å²) in [5, 5.41) is 30.6. The van der Waals surface area contributed by atoms with E-state index in [4.69, 9.17) is 14.3 Å². The lowest BCUT2D eigenvalue weighted by Gasteiger charge is -2.35. The van der Waals surface area contributed by atoms with Gasteiger partial charge in [0.2, 0.25) is 0 Å². The zero-order chi connectivity index (χ0) is 30.1. The molecule has 2 amide bonds. The van der Waals surface area contributed by atoms with E-state index in [1.807, 2.05) is 0 Å². The molecule has 2 aliphatic carbocycles. The molecule has 2 aliphatic heterocycles. The van der Waals surface area contributed by atoms with E-state index < -0.39 is 35.0 Å². The Morgan fingerprint density at radius 2 is 1.56 bits per heavy atom. The topological polar surface area (TPSA) is 168 Å². The van der Waals surface area contributed by atoms with Crippen molar-refractivity contribution < 1.29 is 38.9 Å². The van der Waals surface area contributed by atoms with Crippen LogP contribution in [0.4, 0.5) is 0 Å². The summed E-state index contributed by atoms with van der Waals surface area (Å²) in [6.45, 7) is -0.0471. The number of aliphatic hydroxyl groups is 2. The van der Waals surface area contributed by atoms with Crippen molar-refractivity contribution in [3.8, 4) is 0 Å². The Morgan fingerprint density at radius 3 is 2.22 bits per heavy atom. The second-order valence-electron chi connectivity index (χ2n) is 9.71. The highest BCUT2D eigenvalue weighted by Gasteiger charge is 2.51. The maximum Gasteiger partial charge on any atom is 0.269 e. The van der Waals surface area contributed by atoms with E-state index in [1.54, 1.807) is 12.2 Å². The van der Waals surface area contributed by atoms with E-state index in [0.717, 1.165) is 0 Å². The minimum atomic E-state index is -1.29. The normalized spacial score (nSPS) is 29.1. The number of amides is 2. The SMILES string of the molecule is COC1=C(Br)[C@H](O)[C@]2(C=C1Br)CN=C(C(=O)NCC(=O)CCNC(=O)C1=NO[C@]3(C=C(Br)C(OC)=C(Br)[C@@H]3O)C1)C2. The number of aliphatic imine (C=N–C) groups is 1. The molecule has 0 aromatic carbocycles. The molecule has 0 bridgehead atoms. The minimum absolute atomic E-state index is 0.00555. The standard InChI is InChI=1S/C25H26Br4N4O8/c1-39-18-12(26)5-24(20(35)16(18)28)7-14(32-10-24)22(37)31-9-11(34)3-4-30-23(38)15-8-25(41-33-15)6-13(27)19(40-2)17(29)21(25)36/h5-6,20-21,35-36H,3-4,7-10H2,1-2H3,(H,30,38)(H,31,37)/t20-,21-,24-,25+/m0/s1. The van der Waals surface area contributed by atoms with Crippen LogP contribution in [-0.2, 0) is 28.7 Å². The lowest BCUT2D eigenvalue weighted by molar-refractivity contribution is -0.122. The number of carbonyl (C=O) groups is 3. The van der Waals surface area contributed by atoms with Crippen LogP contribution in [0, 0.1) is 5.41 Å². The average Bonchev–Trinajstić information content (AvgIpc) is 3.56. The fourth-order valence-corrected chi connectivity index (χ4v) is 8.51. The van der Waals surface area contributed by atoms with Gasteiger partial charge in [0.05, 0.1) is 45.2 Å². The van der Waals surface area contributed by atoms with Gasteiger partial charge in [-0.25, -0.2) is 0 Å². The Bertz CT molecular complexity index is 1360. The van der Waals surface area contributed by atoms with Crippen LogP contribution in [0.15, 0.2) is 51.7 Å². The van der Waals surface area contributed by atoms with Crippen LogP contribution in [0.5, 0.6) is 0 Å². The van der Waals surface area contributed by atoms with Gasteiger partial charge in [-0.15, -0.1) is 0 Å². The first-order chi connectivity index (χ1) is 19.4. The highest BCUT2D eigenvalue weighted by Crippen LogP contribution is 2.47. The third-order valence-electron chi connectivity index (χ3n) is 7.04. The van der Waals surface area contributed by atoms with E-state index >= 15 is 0 Å². The summed E-state index contributed by atoms with van der Waals surface area (Å²) in [5.74, 6) is -0.482. The van der Waals surface area contributed by atoms with Crippen molar-refractivity contribution in [1.29, 1.82) is 0 Å². The molecule has 2 heterocycles. The molecule has 4 N–H and O–H groups in total. The minimum Gasteiger partial charge on any atom is -0.495 e. The van der Waals surface area contributed by atoms with Gasteiger partial charge in [0, 0.05) is 31.2 Å². The number of nitrogens with zero attached hydrogens (tertiary/aromatic N) is 2. The highest BCUT2D eigenvalue weighted by molar-refractivity contribution is 9.12. The molecule has 0 saturated heterocycles. The Kier molecular flexibility index (Phi) is 10.0. The monoisotopic (exact) mass is 826 g/mol. The Labute approximate surface area is 268 Å². The van der Waals surface area contributed by atoms with E-state index in [0.29, 0.717) is 29.4 Å². The fourth-order valence-electron chi connectivity index (χ4n) is 4.79. The van der Waals surface area contributed by atoms with E-state index in [2.05, 4.69) is 84.5 Å². The first-order valence-electron chi connectivity index (χ1n) is 12.3. The third kappa shape index (κ3) is 6.27. The van der Waals surface area contributed by atoms with Gasteiger partial charge in [0.25, 0.3) is 11.8 Å². The van der Waals surface area contributed by atoms with Gasteiger partial charge in [-0.1, -0.05) is 11.2 Å². The zero-order valence-corrected chi connectivity index (χ0v) is 28.1. The first-order valence-corrected chi connectivity index (χ1v) is 15.4. The molecular weight excluding hydrogens is 804 g/mol. The molecule has 4 rings (SSSR count). The van der Waals surface area contributed by atoms with Crippen LogP contribution in [0.1, 0.15) is 19.3 Å². The number of Topliss-reactive ketones (excluding diaryl/α,β-unsaturated/α-hetero) is 1. The molecular formula is C25H26Br4N4O8. The lowest BCUT2D eigenvalue weighted by atomic mass is 9.76. The summed E-state index contributed by atoms with van der Waals surface area (Å²) in [4.78, 5) is 47.5. The Hall–Kier alpha value is -1.85. The number of nitrogens with one attached hydrogen (secondary N) is 2. The van der Waals surface area contributed by atoms with Crippen LogP contribution in [0.2, 0.25) is 0 Å². The van der Waals surface area contributed by atoms with Crippen molar-refractivity contribution in [2.45, 2.75) is 37.1 Å². The number of aliphatic hydroxyl groups excluding tert-OH is 2. The second kappa shape index (κ2) is 12.8. The van der Waals surface area contributed by atoms with Crippen LogP contribution in [-0.4, -0.2) is 90.9 Å². The molecule has 222 valence electrons. The molecule has 16 heteroatoms. The molecule has 0 fully saturated rings. The molecule has 4 atom stereocenters. The predicted octanol–water partition coefficient (Wildman–Crippen LogP) is 2.34. The quantitative estimate of drug-likeness (QED) is 0.275. The van der Waals surface area contributed by atoms with Crippen molar-refractivity contribution in [3.63, 3.8) is 0 Å². The number of allylic oxidation sites excluding steroid dienone is 2. The number of rotatable bonds is 9.